The fourth-order valence-corrected chi connectivity index (χ4v) is 1.96. The molecule has 0 radical (unpaired) electrons. The molecule has 3 N–H and O–H groups in total. The second kappa shape index (κ2) is 8.49. The summed E-state index contributed by atoms with van der Waals surface area (Å²) < 4.78 is 5.60. The first-order valence-electron chi connectivity index (χ1n) is 6.79. The molecule has 0 aromatic heterocycles. The van der Waals surface area contributed by atoms with Gasteiger partial charge in [-0.1, -0.05) is 36.4 Å². The smallest absolute Gasteiger partial charge is 0.257 e. The lowest BCUT2D eigenvalue weighted by Crippen LogP contribution is -2.32. The van der Waals surface area contributed by atoms with E-state index in [9.17, 15) is 4.79 Å². The van der Waals surface area contributed by atoms with E-state index in [4.69, 9.17) is 10.5 Å². The fraction of sp³-hybridized carbons (Fsp3) is 0.312. The lowest BCUT2D eigenvalue weighted by molar-refractivity contribution is -0.123. The molecule has 0 aliphatic carbocycles. The van der Waals surface area contributed by atoms with Gasteiger partial charge in [0.25, 0.3) is 5.91 Å². The largest absolute Gasteiger partial charge is 0.483 e. The molecule has 114 valence electrons. The molecular weight excluding hydrogens is 288 g/mol. The monoisotopic (exact) mass is 308 g/mol. The van der Waals surface area contributed by atoms with Crippen LogP contribution in [-0.2, 0) is 4.79 Å². The van der Waals surface area contributed by atoms with Crippen LogP contribution in [0.4, 0.5) is 0 Å². The van der Waals surface area contributed by atoms with E-state index < -0.39 is 0 Å². The van der Waals surface area contributed by atoms with E-state index >= 15 is 0 Å². The molecule has 2 aromatic rings. The van der Waals surface area contributed by atoms with Crippen molar-refractivity contribution < 1.29 is 9.53 Å². The minimum atomic E-state index is -0.126. The molecule has 5 heteroatoms. The Kier molecular flexibility index (Phi) is 6.99. The number of rotatable bonds is 6. The zero-order valence-corrected chi connectivity index (χ0v) is 12.9. The number of ether oxygens (including phenoxy) is 1. The minimum Gasteiger partial charge on any atom is -0.483 e. The van der Waals surface area contributed by atoms with Crippen molar-refractivity contribution >= 4 is 29.1 Å². The Hall–Kier alpha value is -1.78. The Morgan fingerprint density at radius 1 is 1.24 bits per heavy atom. The Labute approximate surface area is 131 Å². The van der Waals surface area contributed by atoms with E-state index in [1.807, 2.05) is 49.4 Å². The average molecular weight is 309 g/mol. The lowest BCUT2D eigenvalue weighted by atomic mass is 10.1. The van der Waals surface area contributed by atoms with Crippen LogP contribution >= 0.6 is 12.4 Å². The molecule has 2 rings (SSSR count). The Morgan fingerprint density at radius 2 is 1.95 bits per heavy atom. The van der Waals surface area contributed by atoms with Crippen molar-refractivity contribution in [3.05, 3.63) is 42.5 Å². The highest BCUT2D eigenvalue weighted by Gasteiger charge is 2.05. The van der Waals surface area contributed by atoms with E-state index in [1.54, 1.807) is 0 Å². The predicted molar refractivity (Wildman–Crippen MR) is 88.0 cm³/mol. The van der Waals surface area contributed by atoms with Crippen LogP contribution in [0, 0.1) is 0 Å². The summed E-state index contributed by atoms with van der Waals surface area (Å²) in [7, 11) is 0. The van der Waals surface area contributed by atoms with E-state index in [-0.39, 0.29) is 31.0 Å². The molecule has 0 bridgehead atoms. The maximum Gasteiger partial charge on any atom is 0.257 e. The van der Waals surface area contributed by atoms with Crippen molar-refractivity contribution in [1.82, 2.24) is 5.32 Å². The standard InChI is InChI=1S/C16H20N2O2.ClH/c1-12(17)9-10-18-16(19)11-20-15-8-4-6-13-5-2-3-7-14(13)15;/h2-8,12H,9-11,17H2,1H3,(H,18,19);1H. The second-order valence-electron chi connectivity index (χ2n) is 4.88. The number of fused-ring (bicyclic) bond motifs is 1. The molecule has 1 atom stereocenters. The third-order valence-electron chi connectivity index (χ3n) is 3.03. The van der Waals surface area contributed by atoms with Gasteiger partial charge in [0.05, 0.1) is 0 Å². The summed E-state index contributed by atoms with van der Waals surface area (Å²) in [5.74, 6) is 0.601. The average Bonchev–Trinajstić information content (AvgIpc) is 2.44. The first-order chi connectivity index (χ1) is 9.66. The summed E-state index contributed by atoms with van der Waals surface area (Å²) in [6.07, 6.45) is 0.764. The number of carbonyl (C=O) groups excluding carboxylic acids is 1. The van der Waals surface area contributed by atoms with Gasteiger partial charge in [0.2, 0.25) is 0 Å². The zero-order chi connectivity index (χ0) is 14.4. The molecule has 0 saturated heterocycles. The van der Waals surface area contributed by atoms with Crippen molar-refractivity contribution in [1.29, 1.82) is 0 Å². The molecule has 0 saturated carbocycles. The predicted octanol–water partition coefficient (Wildman–Crippen LogP) is 2.49. The van der Waals surface area contributed by atoms with Crippen molar-refractivity contribution in [3.63, 3.8) is 0 Å². The van der Waals surface area contributed by atoms with Gasteiger partial charge in [-0.05, 0) is 24.8 Å². The van der Waals surface area contributed by atoms with E-state index in [0.717, 1.165) is 22.9 Å². The Bertz CT molecular complexity index is 582. The van der Waals surface area contributed by atoms with Gasteiger partial charge in [0.15, 0.2) is 6.61 Å². The number of hydrogen-bond donors (Lipinski definition) is 2. The Balaban J connectivity index is 0.00000220. The molecule has 1 unspecified atom stereocenters. The molecule has 21 heavy (non-hydrogen) atoms. The van der Waals surface area contributed by atoms with Gasteiger partial charge < -0.3 is 15.8 Å². The van der Waals surface area contributed by atoms with Crippen LogP contribution < -0.4 is 15.8 Å². The lowest BCUT2D eigenvalue weighted by Gasteiger charge is -2.10. The third-order valence-corrected chi connectivity index (χ3v) is 3.03. The first kappa shape index (κ1) is 17.3. The second-order valence-corrected chi connectivity index (χ2v) is 4.88. The van der Waals surface area contributed by atoms with Crippen LogP contribution in [0.3, 0.4) is 0 Å². The van der Waals surface area contributed by atoms with Crippen LogP contribution in [-0.4, -0.2) is 25.1 Å². The highest BCUT2D eigenvalue weighted by Crippen LogP contribution is 2.24. The summed E-state index contributed by atoms with van der Waals surface area (Å²) >= 11 is 0. The highest BCUT2D eigenvalue weighted by molar-refractivity contribution is 5.88. The van der Waals surface area contributed by atoms with Gasteiger partial charge >= 0.3 is 0 Å². The summed E-state index contributed by atoms with van der Waals surface area (Å²) in [6, 6.07) is 13.8. The summed E-state index contributed by atoms with van der Waals surface area (Å²) in [5, 5.41) is 4.90. The summed E-state index contributed by atoms with van der Waals surface area (Å²) in [6.45, 7) is 2.51. The number of amides is 1. The van der Waals surface area contributed by atoms with Crippen LogP contribution in [0.15, 0.2) is 42.5 Å². The summed E-state index contributed by atoms with van der Waals surface area (Å²) in [4.78, 5) is 11.7. The molecule has 2 aromatic carbocycles. The molecular formula is C16H21ClN2O2. The molecule has 0 aliphatic rings. The van der Waals surface area contributed by atoms with Gasteiger partial charge in [-0.25, -0.2) is 0 Å². The van der Waals surface area contributed by atoms with E-state index in [2.05, 4.69) is 5.32 Å². The van der Waals surface area contributed by atoms with Crippen molar-refractivity contribution in [2.75, 3.05) is 13.2 Å². The topological polar surface area (TPSA) is 64.3 Å². The Morgan fingerprint density at radius 3 is 2.71 bits per heavy atom. The van der Waals surface area contributed by atoms with Gasteiger partial charge in [-0.3, -0.25) is 4.79 Å². The van der Waals surface area contributed by atoms with Crippen molar-refractivity contribution in [2.24, 2.45) is 5.73 Å². The number of halogens is 1. The van der Waals surface area contributed by atoms with Crippen LogP contribution in [0.5, 0.6) is 5.75 Å². The van der Waals surface area contributed by atoms with Crippen molar-refractivity contribution in [2.45, 2.75) is 19.4 Å². The van der Waals surface area contributed by atoms with Gasteiger partial charge in [-0.2, -0.15) is 0 Å². The molecule has 0 spiro atoms. The maximum atomic E-state index is 11.7. The molecule has 0 fully saturated rings. The first-order valence-corrected chi connectivity index (χ1v) is 6.79. The van der Waals surface area contributed by atoms with Crippen molar-refractivity contribution in [3.8, 4) is 5.75 Å². The van der Waals surface area contributed by atoms with Gasteiger partial charge in [-0.15, -0.1) is 12.4 Å². The number of benzene rings is 2. The molecule has 0 aliphatic heterocycles. The number of nitrogens with two attached hydrogens (primary N) is 1. The number of hydrogen-bond acceptors (Lipinski definition) is 3. The summed E-state index contributed by atoms with van der Waals surface area (Å²) in [5.41, 5.74) is 5.62. The molecule has 0 heterocycles. The molecule has 1 amide bonds. The quantitative estimate of drug-likeness (QED) is 0.862. The van der Waals surface area contributed by atoms with Crippen LogP contribution in [0.1, 0.15) is 13.3 Å². The maximum absolute atomic E-state index is 11.7. The van der Waals surface area contributed by atoms with Gasteiger partial charge in [0.1, 0.15) is 5.75 Å². The SMILES string of the molecule is CC(N)CCNC(=O)COc1cccc2ccccc12.Cl. The van der Waals surface area contributed by atoms with Gasteiger partial charge in [0, 0.05) is 18.0 Å². The van der Waals surface area contributed by atoms with Crippen LogP contribution in [0.25, 0.3) is 10.8 Å². The zero-order valence-electron chi connectivity index (χ0n) is 12.0. The number of carbonyl (C=O) groups is 1. The highest BCUT2D eigenvalue weighted by atomic mass is 35.5. The van der Waals surface area contributed by atoms with E-state index in [0.29, 0.717) is 6.54 Å². The third kappa shape index (κ3) is 5.25. The normalized spacial score (nSPS) is 11.5. The van der Waals surface area contributed by atoms with E-state index in [1.165, 1.54) is 0 Å². The minimum absolute atomic E-state index is 0. The van der Waals surface area contributed by atoms with Crippen LogP contribution in [0.2, 0.25) is 0 Å². The molecule has 4 nitrogen and oxygen atoms in total. The number of nitrogens with one attached hydrogen (secondary N) is 1. The fourth-order valence-electron chi connectivity index (χ4n) is 1.96.